The molecule has 1 aliphatic rings. The molecular weight excluding hydrogens is 510 g/mol. The average molecular weight is 542 g/mol. The molecule has 0 bridgehead atoms. The number of hydrogen-bond donors (Lipinski definition) is 1. The van der Waals surface area contributed by atoms with Crippen LogP contribution in [0.5, 0.6) is 0 Å². The van der Waals surface area contributed by atoms with Gasteiger partial charge in [0.2, 0.25) is 9.84 Å². The molecule has 0 saturated heterocycles. The zero-order chi connectivity index (χ0) is 26.4. The number of ether oxygens (including phenoxy) is 2. The largest absolute Gasteiger partial charge is 0.462 e. The van der Waals surface area contributed by atoms with Crippen molar-refractivity contribution in [3.05, 3.63) is 82.2 Å². The van der Waals surface area contributed by atoms with Crippen LogP contribution in [0.3, 0.4) is 0 Å². The predicted molar refractivity (Wildman–Crippen MR) is 142 cm³/mol. The number of carbonyl (C=O) groups excluding carboxylic acids is 2. The Kier molecular flexibility index (Phi) is 8.79. The van der Waals surface area contributed by atoms with Crippen LogP contribution in [-0.4, -0.2) is 39.5 Å². The number of amides is 1. The second-order valence-corrected chi connectivity index (χ2v) is 12.3. The van der Waals surface area contributed by atoms with E-state index in [1.54, 1.807) is 13.8 Å². The molecule has 1 amide bonds. The number of nitrogens with one attached hydrogen (secondary N) is 1. The van der Waals surface area contributed by atoms with Crippen molar-refractivity contribution in [1.29, 1.82) is 0 Å². The smallest absolute Gasteiger partial charge is 0.338 e. The standard InChI is InChI=1S/C28H31NO6S2/c1-3-34-28(31)21-11-7-13-23(16-21)37(32,33)25-15-19(2)26(36-25)27(30)29-17-22-12-8-14-24(22)35-18-20-9-5-4-6-10-20/h4-7,9-11,13,15-16,22,24H,3,8,12,14,17-18H2,1-2H3,(H,29,30)/t22-,24?/m1/s1. The van der Waals surface area contributed by atoms with E-state index in [-0.39, 0.29) is 39.2 Å². The van der Waals surface area contributed by atoms with Crippen LogP contribution in [0, 0.1) is 12.8 Å². The van der Waals surface area contributed by atoms with E-state index in [1.165, 1.54) is 30.3 Å². The Labute approximate surface area is 221 Å². The number of hydrogen-bond acceptors (Lipinski definition) is 7. The highest BCUT2D eigenvalue weighted by molar-refractivity contribution is 7.93. The molecule has 1 N–H and O–H groups in total. The first-order valence-corrected chi connectivity index (χ1v) is 14.7. The Hall–Kier alpha value is -3.01. The number of sulfone groups is 1. The van der Waals surface area contributed by atoms with E-state index in [2.05, 4.69) is 5.32 Å². The summed E-state index contributed by atoms with van der Waals surface area (Å²) in [5, 5.41) is 2.99. The number of benzene rings is 2. The molecule has 1 fully saturated rings. The van der Waals surface area contributed by atoms with Gasteiger partial charge in [-0.1, -0.05) is 42.8 Å². The van der Waals surface area contributed by atoms with Gasteiger partial charge in [0.05, 0.1) is 34.7 Å². The fourth-order valence-electron chi connectivity index (χ4n) is 4.47. The zero-order valence-corrected chi connectivity index (χ0v) is 22.6. The lowest BCUT2D eigenvalue weighted by molar-refractivity contribution is 0.0162. The number of rotatable bonds is 10. The summed E-state index contributed by atoms with van der Waals surface area (Å²) in [5.41, 5.74) is 1.87. The highest BCUT2D eigenvalue weighted by Crippen LogP contribution is 2.32. The fraction of sp³-hybridized carbons (Fsp3) is 0.357. The van der Waals surface area contributed by atoms with Crippen LogP contribution in [0.4, 0.5) is 0 Å². The summed E-state index contributed by atoms with van der Waals surface area (Å²) in [4.78, 5) is 25.4. The maximum Gasteiger partial charge on any atom is 0.338 e. The van der Waals surface area contributed by atoms with Crippen molar-refractivity contribution in [2.24, 2.45) is 5.92 Å². The van der Waals surface area contributed by atoms with Gasteiger partial charge in [0, 0.05) is 12.5 Å². The van der Waals surface area contributed by atoms with Gasteiger partial charge in [0.1, 0.15) is 4.21 Å². The Bertz CT molecular complexity index is 1350. The first-order chi connectivity index (χ1) is 17.8. The number of esters is 1. The van der Waals surface area contributed by atoms with Gasteiger partial charge >= 0.3 is 5.97 Å². The van der Waals surface area contributed by atoms with E-state index in [0.717, 1.165) is 36.2 Å². The molecule has 0 spiro atoms. The maximum atomic E-state index is 13.3. The molecule has 1 aromatic heterocycles. The summed E-state index contributed by atoms with van der Waals surface area (Å²) in [6, 6.07) is 17.3. The third-order valence-electron chi connectivity index (χ3n) is 6.44. The van der Waals surface area contributed by atoms with E-state index in [0.29, 0.717) is 23.6 Å². The molecule has 37 heavy (non-hydrogen) atoms. The second kappa shape index (κ2) is 12.0. The number of aryl methyl sites for hydroxylation is 1. The zero-order valence-electron chi connectivity index (χ0n) is 20.9. The summed E-state index contributed by atoms with van der Waals surface area (Å²) >= 11 is 0.937. The van der Waals surface area contributed by atoms with Crippen molar-refractivity contribution in [2.75, 3.05) is 13.2 Å². The SMILES string of the molecule is CCOC(=O)c1cccc(S(=O)(=O)c2cc(C)c(C(=O)NC[C@H]3CCCC3OCc3ccccc3)s2)c1. The van der Waals surface area contributed by atoms with Crippen LogP contribution in [0.25, 0.3) is 0 Å². The first-order valence-electron chi connectivity index (χ1n) is 12.4. The Morgan fingerprint density at radius 1 is 1.05 bits per heavy atom. The van der Waals surface area contributed by atoms with Crippen LogP contribution in [0.2, 0.25) is 0 Å². The van der Waals surface area contributed by atoms with Crippen LogP contribution in [0.15, 0.2) is 69.8 Å². The summed E-state index contributed by atoms with van der Waals surface area (Å²) in [6.07, 6.45) is 3.05. The van der Waals surface area contributed by atoms with Gasteiger partial charge in [-0.3, -0.25) is 4.79 Å². The fourth-order valence-corrected chi connectivity index (χ4v) is 7.37. The van der Waals surface area contributed by atoms with Gasteiger partial charge < -0.3 is 14.8 Å². The lowest BCUT2D eigenvalue weighted by Gasteiger charge is -2.20. The summed E-state index contributed by atoms with van der Waals surface area (Å²) in [7, 11) is -3.91. The van der Waals surface area contributed by atoms with Gasteiger partial charge in [-0.25, -0.2) is 13.2 Å². The number of carbonyl (C=O) groups is 2. The second-order valence-electron chi connectivity index (χ2n) is 9.07. The van der Waals surface area contributed by atoms with Crippen LogP contribution < -0.4 is 5.32 Å². The predicted octanol–water partition coefficient (Wildman–Crippen LogP) is 5.18. The molecule has 1 saturated carbocycles. The molecular formula is C28H31NO6S2. The van der Waals surface area contributed by atoms with E-state index >= 15 is 0 Å². The molecule has 4 rings (SSSR count). The quantitative estimate of drug-likeness (QED) is 0.355. The highest BCUT2D eigenvalue weighted by atomic mass is 32.2. The monoisotopic (exact) mass is 541 g/mol. The van der Waals surface area contributed by atoms with Crippen molar-refractivity contribution in [3.63, 3.8) is 0 Å². The van der Waals surface area contributed by atoms with Gasteiger partial charge in [0.25, 0.3) is 5.91 Å². The number of thiophene rings is 1. The lowest BCUT2D eigenvalue weighted by Crippen LogP contribution is -2.33. The molecule has 2 atom stereocenters. The average Bonchev–Trinajstić information content (AvgIpc) is 3.53. The Morgan fingerprint density at radius 2 is 1.84 bits per heavy atom. The lowest BCUT2D eigenvalue weighted by atomic mass is 10.1. The third kappa shape index (κ3) is 6.47. The van der Waals surface area contributed by atoms with Crippen molar-refractivity contribution in [1.82, 2.24) is 5.32 Å². The van der Waals surface area contributed by atoms with E-state index in [4.69, 9.17) is 9.47 Å². The minimum Gasteiger partial charge on any atom is -0.462 e. The summed E-state index contributed by atoms with van der Waals surface area (Å²) < 4.78 is 37.7. The molecule has 0 aliphatic heterocycles. The van der Waals surface area contributed by atoms with Crippen LogP contribution >= 0.6 is 11.3 Å². The van der Waals surface area contributed by atoms with Gasteiger partial charge in [-0.15, -0.1) is 11.3 Å². The van der Waals surface area contributed by atoms with Crippen LogP contribution in [0.1, 0.15) is 57.3 Å². The van der Waals surface area contributed by atoms with Gasteiger partial charge in [-0.05, 0) is 62.1 Å². The molecule has 1 unspecified atom stereocenters. The van der Waals surface area contributed by atoms with Crippen molar-refractivity contribution in [2.45, 2.75) is 54.9 Å². The molecule has 3 aromatic rings. The van der Waals surface area contributed by atoms with Crippen molar-refractivity contribution >= 4 is 33.1 Å². The summed E-state index contributed by atoms with van der Waals surface area (Å²) in [5.74, 6) is -0.667. The topological polar surface area (TPSA) is 98.8 Å². The van der Waals surface area contributed by atoms with E-state index < -0.39 is 15.8 Å². The Balaban J connectivity index is 1.41. The molecule has 1 aliphatic carbocycles. The molecule has 196 valence electrons. The molecule has 7 nitrogen and oxygen atoms in total. The van der Waals surface area contributed by atoms with Gasteiger partial charge in [0.15, 0.2) is 0 Å². The molecule has 1 heterocycles. The molecule has 0 radical (unpaired) electrons. The third-order valence-corrected chi connectivity index (χ3v) is 9.90. The Morgan fingerprint density at radius 3 is 2.59 bits per heavy atom. The van der Waals surface area contributed by atoms with E-state index in [1.807, 2.05) is 30.3 Å². The van der Waals surface area contributed by atoms with E-state index in [9.17, 15) is 18.0 Å². The summed E-state index contributed by atoms with van der Waals surface area (Å²) in [6.45, 7) is 4.61. The van der Waals surface area contributed by atoms with Crippen LogP contribution in [-0.2, 0) is 25.9 Å². The molecule has 2 aromatic carbocycles. The minimum absolute atomic E-state index is 0.0179. The minimum atomic E-state index is -3.91. The van der Waals surface area contributed by atoms with Gasteiger partial charge in [-0.2, -0.15) is 0 Å². The van der Waals surface area contributed by atoms with Crippen molar-refractivity contribution < 1.29 is 27.5 Å². The van der Waals surface area contributed by atoms with Crippen molar-refractivity contribution in [3.8, 4) is 0 Å². The normalized spacial score (nSPS) is 17.5. The molecule has 9 heteroatoms. The maximum absolute atomic E-state index is 13.3. The highest BCUT2D eigenvalue weighted by Gasteiger charge is 2.30. The first kappa shape index (κ1) is 27.0.